The maximum absolute atomic E-state index is 2.47. The molecule has 0 saturated carbocycles. The molecule has 0 bridgehead atoms. The van der Waals surface area contributed by atoms with E-state index < -0.39 is 0 Å². The molecule has 1 nitrogen and oxygen atoms in total. The van der Waals surface area contributed by atoms with Crippen molar-refractivity contribution in [2.24, 2.45) is 0 Å². The van der Waals surface area contributed by atoms with Crippen LogP contribution in [0.3, 0.4) is 0 Å². The normalized spacial score (nSPS) is 11.5. The maximum atomic E-state index is 2.47. The minimum Gasteiger partial charge on any atom is -0.309 e. The minimum atomic E-state index is 1.11. The first-order valence-corrected chi connectivity index (χ1v) is 17.6. The van der Waals surface area contributed by atoms with Crippen molar-refractivity contribution in [2.75, 3.05) is 4.90 Å². The molecule has 0 aliphatic carbocycles. The molecule has 10 rings (SSSR count). The summed E-state index contributed by atoms with van der Waals surface area (Å²) in [5, 5.41) is 12.4. The topological polar surface area (TPSA) is 3.24 Å². The van der Waals surface area contributed by atoms with Gasteiger partial charge in [0.1, 0.15) is 0 Å². The number of anilines is 3. The summed E-state index contributed by atoms with van der Waals surface area (Å²) >= 11 is 0. The standard InChI is InChI=1S/C50H33N/c1-2-20-37(21-3-1)51(48-30-14-19-34-16-4-9-24-40(34)48)49-31-15-29-45(46-32-35-17-5-7-22-38(35)41-25-10-12-27-43(41)46)50(49)47-33-36-18-6-8-23-39(36)42-26-11-13-28-44(42)47/h1-33H. The molecule has 10 aromatic rings. The number of nitrogens with zero attached hydrogens (tertiary/aromatic N) is 1. The Morgan fingerprint density at radius 3 is 1.37 bits per heavy atom. The van der Waals surface area contributed by atoms with Crippen LogP contribution in [0.15, 0.2) is 200 Å². The van der Waals surface area contributed by atoms with Crippen molar-refractivity contribution in [1.29, 1.82) is 0 Å². The summed E-state index contributed by atoms with van der Waals surface area (Å²) in [5.41, 5.74) is 8.24. The molecule has 0 spiro atoms. The van der Waals surface area contributed by atoms with E-state index in [9.17, 15) is 0 Å². The van der Waals surface area contributed by atoms with Crippen LogP contribution < -0.4 is 4.90 Å². The van der Waals surface area contributed by atoms with Gasteiger partial charge in [-0.1, -0.05) is 164 Å². The predicted octanol–water partition coefficient (Wildman–Crippen LogP) is 14.3. The van der Waals surface area contributed by atoms with Gasteiger partial charge >= 0.3 is 0 Å². The molecule has 0 fully saturated rings. The Kier molecular flexibility index (Phi) is 6.89. The lowest BCUT2D eigenvalue weighted by Gasteiger charge is -2.31. The zero-order chi connectivity index (χ0) is 33.7. The highest BCUT2D eigenvalue weighted by Crippen LogP contribution is 2.50. The average molecular weight is 648 g/mol. The van der Waals surface area contributed by atoms with E-state index in [0.717, 1.165) is 17.1 Å². The average Bonchev–Trinajstić information content (AvgIpc) is 3.21. The Hall–Kier alpha value is -6.70. The SMILES string of the molecule is c1ccc(N(c2cccc(-c3cc4ccccc4c4ccccc34)c2-c2cc3ccccc3c3ccccc23)c2cccc3ccccc23)cc1. The van der Waals surface area contributed by atoms with Gasteiger partial charge in [0, 0.05) is 16.6 Å². The van der Waals surface area contributed by atoms with Gasteiger partial charge in [0.25, 0.3) is 0 Å². The van der Waals surface area contributed by atoms with Crippen LogP contribution in [0.5, 0.6) is 0 Å². The third kappa shape index (κ3) is 4.78. The molecule has 0 aliphatic rings. The van der Waals surface area contributed by atoms with E-state index in [2.05, 4.69) is 205 Å². The van der Waals surface area contributed by atoms with Crippen LogP contribution in [-0.4, -0.2) is 0 Å². The summed E-state index contributed by atoms with van der Waals surface area (Å²) < 4.78 is 0. The molecule has 238 valence electrons. The molecular weight excluding hydrogens is 615 g/mol. The fourth-order valence-corrected chi connectivity index (χ4v) is 8.16. The van der Waals surface area contributed by atoms with Gasteiger partial charge in [-0.05, 0) is 102 Å². The summed E-state index contributed by atoms with van der Waals surface area (Å²) in [4.78, 5) is 2.47. The van der Waals surface area contributed by atoms with E-state index in [4.69, 9.17) is 0 Å². The number of rotatable bonds is 5. The van der Waals surface area contributed by atoms with Crippen LogP contribution in [-0.2, 0) is 0 Å². The molecule has 0 amide bonds. The van der Waals surface area contributed by atoms with E-state index in [1.165, 1.54) is 76.1 Å². The number of hydrogen-bond acceptors (Lipinski definition) is 1. The largest absolute Gasteiger partial charge is 0.309 e. The summed E-state index contributed by atoms with van der Waals surface area (Å²) in [6.45, 7) is 0. The first-order chi connectivity index (χ1) is 25.3. The molecule has 0 atom stereocenters. The van der Waals surface area contributed by atoms with Gasteiger partial charge in [-0.2, -0.15) is 0 Å². The van der Waals surface area contributed by atoms with Gasteiger partial charge in [-0.25, -0.2) is 0 Å². The lowest BCUT2D eigenvalue weighted by molar-refractivity contribution is 1.30. The Bertz CT molecular complexity index is 2920. The van der Waals surface area contributed by atoms with Crippen molar-refractivity contribution in [3.8, 4) is 22.3 Å². The molecule has 1 heteroatoms. The summed E-state index contributed by atoms with van der Waals surface area (Å²) in [6, 6.07) is 73.2. The molecule has 0 aliphatic heterocycles. The predicted molar refractivity (Wildman–Crippen MR) is 220 cm³/mol. The Balaban J connectivity index is 1.40. The molecule has 0 radical (unpaired) electrons. The van der Waals surface area contributed by atoms with Gasteiger partial charge in [0.05, 0.1) is 11.4 Å². The van der Waals surface area contributed by atoms with Gasteiger partial charge in [0.2, 0.25) is 0 Å². The fraction of sp³-hybridized carbons (Fsp3) is 0. The lowest BCUT2D eigenvalue weighted by atomic mass is 9.85. The molecule has 0 aromatic heterocycles. The number of para-hydroxylation sites is 1. The lowest BCUT2D eigenvalue weighted by Crippen LogP contribution is -2.12. The van der Waals surface area contributed by atoms with Crippen LogP contribution >= 0.6 is 0 Å². The molecule has 0 heterocycles. The van der Waals surface area contributed by atoms with Gasteiger partial charge in [-0.15, -0.1) is 0 Å². The smallest absolute Gasteiger partial charge is 0.0546 e. The number of benzene rings is 10. The van der Waals surface area contributed by atoms with E-state index in [0.29, 0.717) is 0 Å². The number of hydrogen-bond donors (Lipinski definition) is 0. The monoisotopic (exact) mass is 647 g/mol. The summed E-state index contributed by atoms with van der Waals surface area (Å²) in [7, 11) is 0. The van der Waals surface area contributed by atoms with Crippen molar-refractivity contribution in [1.82, 2.24) is 0 Å². The van der Waals surface area contributed by atoms with Gasteiger partial charge < -0.3 is 4.90 Å². The second-order valence-electron chi connectivity index (χ2n) is 13.3. The Morgan fingerprint density at radius 1 is 0.255 bits per heavy atom. The molecule has 0 saturated heterocycles. The molecule has 0 N–H and O–H groups in total. The van der Waals surface area contributed by atoms with Gasteiger partial charge in [-0.3, -0.25) is 0 Å². The summed E-state index contributed by atoms with van der Waals surface area (Å²) in [6.07, 6.45) is 0. The fourth-order valence-electron chi connectivity index (χ4n) is 8.16. The number of fused-ring (bicyclic) bond motifs is 7. The zero-order valence-corrected chi connectivity index (χ0v) is 28.0. The highest BCUT2D eigenvalue weighted by molar-refractivity contribution is 6.20. The van der Waals surface area contributed by atoms with Crippen molar-refractivity contribution in [3.63, 3.8) is 0 Å². The summed E-state index contributed by atoms with van der Waals surface area (Å²) in [5.74, 6) is 0. The first kappa shape index (κ1) is 29.2. The third-order valence-electron chi connectivity index (χ3n) is 10.4. The molecule has 10 aromatic carbocycles. The first-order valence-electron chi connectivity index (χ1n) is 17.6. The van der Waals surface area contributed by atoms with Crippen molar-refractivity contribution in [2.45, 2.75) is 0 Å². The van der Waals surface area contributed by atoms with E-state index in [1.807, 2.05) is 0 Å². The van der Waals surface area contributed by atoms with Gasteiger partial charge in [0.15, 0.2) is 0 Å². The van der Waals surface area contributed by atoms with Crippen LogP contribution in [0.4, 0.5) is 17.1 Å². The van der Waals surface area contributed by atoms with Crippen molar-refractivity contribution < 1.29 is 0 Å². The zero-order valence-electron chi connectivity index (χ0n) is 28.0. The second-order valence-corrected chi connectivity index (χ2v) is 13.3. The molecule has 51 heavy (non-hydrogen) atoms. The van der Waals surface area contributed by atoms with Crippen LogP contribution in [0, 0.1) is 0 Å². The van der Waals surface area contributed by atoms with Crippen LogP contribution in [0.25, 0.3) is 76.1 Å². The molecule has 0 unspecified atom stereocenters. The molecular formula is C50H33N. The second kappa shape index (κ2) is 12.0. The van der Waals surface area contributed by atoms with E-state index in [-0.39, 0.29) is 0 Å². The van der Waals surface area contributed by atoms with E-state index >= 15 is 0 Å². The van der Waals surface area contributed by atoms with Crippen LogP contribution in [0.2, 0.25) is 0 Å². The third-order valence-corrected chi connectivity index (χ3v) is 10.4. The van der Waals surface area contributed by atoms with Crippen molar-refractivity contribution in [3.05, 3.63) is 200 Å². The highest BCUT2D eigenvalue weighted by atomic mass is 15.1. The Labute approximate surface area is 297 Å². The highest BCUT2D eigenvalue weighted by Gasteiger charge is 2.24. The maximum Gasteiger partial charge on any atom is 0.0546 e. The quantitative estimate of drug-likeness (QED) is 0.168. The Morgan fingerprint density at radius 2 is 0.706 bits per heavy atom. The van der Waals surface area contributed by atoms with Crippen LogP contribution in [0.1, 0.15) is 0 Å². The van der Waals surface area contributed by atoms with Crippen molar-refractivity contribution >= 4 is 70.9 Å². The minimum absolute atomic E-state index is 1.11. The van der Waals surface area contributed by atoms with E-state index in [1.54, 1.807) is 0 Å².